The van der Waals surface area contributed by atoms with E-state index in [-0.39, 0.29) is 0 Å². The fraction of sp³-hybridized carbons (Fsp3) is 0.333. The predicted octanol–water partition coefficient (Wildman–Crippen LogP) is 4.27. The van der Waals surface area contributed by atoms with Crippen molar-refractivity contribution in [2.24, 2.45) is 0 Å². The summed E-state index contributed by atoms with van der Waals surface area (Å²) in [6, 6.07) is 13.4. The summed E-state index contributed by atoms with van der Waals surface area (Å²) in [6.45, 7) is 3.30. The van der Waals surface area contributed by atoms with Crippen LogP contribution in [0.5, 0.6) is 0 Å². The Bertz CT molecular complexity index is 450. The van der Waals surface area contributed by atoms with Crippen molar-refractivity contribution in [3.05, 3.63) is 56.7 Å². The number of nitrogens with one attached hydrogen (secondary N) is 1. The second-order valence-electron chi connectivity index (χ2n) is 4.52. The largest absolute Gasteiger partial charge is 0.314 e. The van der Waals surface area contributed by atoms with Gasteiger partial charge in [-0.05, 0) is 48.9 Å². The molecule has 0 radical (unpaired) electrons. The van der Waals surface area contributed by atoms with Gasteiger partial charge >= 0.3 is 0 Å². The lowest BCUT2D eigenvalue weighted by Gasteiger charge is -2.13. The second kappa shape index (κ2) is 7.07. The van der Waals surface area contributed by atoms with Gasteiger partial charge in [0.15, 0.2) is 0 Å². The zero-order valence-corrected chi connectivity index (χ0v) is 12.9. The molecular weight excluding hydrogens is 306 g/mol. The molecule has 1 nitrogen and oxygen atoms in total. The van der Waals surface area contributed by atoms with Crippen molar-refractivity contribution < 1.29 is 0 Å². The molecule has 0 bridgehead atoms. The summed E-state index contributed by atoms with van der Waals surface area (Å²) in [7, 11) is 0. The average Bonchev–Trinajstić information content (AvgIpc) is 2.85. The second-order valence-corrected chi connectivity index (χ2v) is 6.46. The van der Waals surface area contributed by atoms with E-state index in [1.54, 1.807) is 0 Å². The van der Waals surface area contributed by atoms with Crippen LogP contribution in [-0.4, -0.2) is 12.6 Å². The fourth-order valence-corrected chi connectivity index (χ4v) is 2.92. The minimum absolute atomic E-state index is 0.520. The van der Waals surface area contributed by atoms with Gasteiger partial charge in [0, 0.05) is 21.9 Å². The smallest absolute Gasteiger partial charge is 0.0175 e. The topological polar surface area (TPSA) is 12.0 Å². The third-order valence-corrected chi connectivity index (χ3v) is 4.36. The Morgan fingerprint density at radius 2 is 2.00 bits per heavy atom. The monoisotopic (exact) mass is 323 g/mol. The van der Waals surface area contributed by atoms with Crippen molar-refractivity contribution in [1.82, 2.24) is 5.32 Å². The lowest BCUT2D eigenvalue weighted by molar-refractivity contribution is 0.550. The van der Waals surface area contributed by atoms with Crippen LogP contribution in [0.1, 0.15) is 17.4 Å². The standard InChI is InChI=1S/C15H18BrNS/c1-12(11-13-4-6-14(16)7-5-13)17-9-8-15-3-2-10-18-15/h2-7,10,12,17H,8-9,11H2,1H3. The van der Waals surface area contributed by atoms with Crippen LogP contribution in [0, 0.1) is 0 Å². The Hall–Kier alpha value is -0.640. The van der Waals surface area contributed by atoms with Gasteiger partial charge in [-0.15, -0.1) is 11.3 Å². The van der Waals surface area contributed by atoms with E-state index in [2.05, 4.69) is 69.9 Å². The highest BCUT2D eigenvalue weighted by Gasteiger charge is 2.03. The van der Waals surface area contributed by atoms with Crippen LogP contribution in [-0.2, 0) is 12.8 Å². The molecule has 1 atom stereocenters. The van der Waals surface area contributed by atoms with E-state index in [4.69, 9.17) is 0 Å². The van der Waals surface area contributed by atoms with Gasteiger partial charge in [-0.2, -0.15) is 0 Å². The normalized spacial score (nSPS) is 12.6. The maximum atomic E-state index is 3.58. The Morgan fingerprint density at radius 3 is 2.67 bits per heavy atom. The highest BCUT2D eigenvalue weighted by Crippen LogP contribution is 2.12. The summed E-state index contributed by atoms with van der Waals surface area (Å²) in [5, 5.41) is 5.72. The molecule has 0 aliphatic rings. The Labute approximate surface area is 121 Å². The van der Waals surface area contributed by atoms with E-state index in [0.29, 0.717) is 6.04 Å². The van der Waals surface area contributed by atoms with Crippen LogP contribution in [0.4, 0.5) is 0 Å². The molecule has 96 valence electrons. The van der Waals surface area contributed by atoms with Crippen molar-refractivity contribution >= 4 is 27.3 Å². The molecule has 0 amide bonds. The highest BCUT2D eigenvalue weighted by atomic mass is 79.9. The van der Waals surface area contributed by atoms with Gasteiger partial charge < -0.3 is 5.32 Å². The summed E-state index contributed by atoms with van der Waals surface area (Å²) in [5.41, 5.74) is 1.38. The van der Waals surface area contributed by atoms with E-state index >= 15 is 0 Å². The molecule has 0 saturated carbocycles. The maximum absolute atomic E-state index is 3.58. The number of hydrogen-bond acceptors (Lipinski definition) is 2. The first-order valence-electron chi connectivity index (χ1n) is 6.24. The molecule has 0 aliphatic heterocycles. The molecular formula is C15H18BrNS. The molecule has 1 aromatic heterocycles. The molecule has 2 rings (SSSR count). The fourth-order valence-electron chi connectivity index (χ4n) is 1.94. The minimum atomic E-state index is 0.520. The first-order chi connectivity index (χ1) is 8.74. The van der Waals surface area contributed by atoms with Crippen molar-refractivity contribution in [3.8, 4) is 0 Å². The van der Waals surface area contributed by atoms with Crippen LogP contribution in [0.2, 0.25) is 0 Å². The van der Waals surface area contributed by atoms with Gasteiger partial charge in [-0.25, -0.2) is 0 Å². The quantitative estimate of drug-likeness (QED) is 0.836. The molecule has 1 N–H and O–H groups in total. The van der Waals surface area contributed by atoms with Crippen molar-refractivity contribution in [1.29, 1.82) is 0 Å². The summed E-state index contributed by atoms with van der Waals surface area (Å²) in [4.78, 5) is 1.46. The molecule has 1 heterocycles. The molecule has 2 aromatic rings. The van der Waals surface area contributed by atoms with Crippen LogP contribution < -0.4 is 5.32 Å². The third kappa shape index (κ3) is 4.56. The van der Waals surface area contributed by atoms with E-state index in [1.165, 1.54) is 10.4 Å². The lowest BCUT2D eigenvalue weighted by Crippen LogP contribution is -2.29. The first-order valence-corrected chi connectivity index (χ1v) is 7.91. The number of rotatable bonds is 6. The van der Waals surface area contributed by atoms with Crippen LogP contribution in [0.25, 0.3) is 0 Å². The average molecular weight is 324 g/mol. The first kappa shape index (κ1) is 13.8. The summed E-state index contributed by atoms with van der Waals surface area (Å²) in [5.74, 6) is 0. The SMILES string of the molecule is CC(Cc1ccc(Br)cc1)NCCc1cccs1. The van der Waals surface area contributed by atoms with Gasteiger partial charge in [-0.3, -0.25) is 0 Å². The zero-order valence-electron chi connectivity index (χ0n) is 10.5. The van der Waals surface area contributed by atoms with Gasteiger partial charge in [0.25, 0.3) is 0 Å². The molecule has 1 unspecified atom stereocenters. The molecule has 0 fully saturated rings. The van der Waals surface area contributed by atoms with Crippen LogP contribution in [0.15, 0.2) is 46.3 Å². The molecule has 3 heteroatoms. The van der Waals surface area contributed by atoms with Crippen LogP contribution in [0.3, 0.4) is 0 Å². The number of thiophene rings is 1. The van der Waals surface area contributed by atoms with Gasteiger partial charge in [0.2, 0.25) is 0 Å². The van der Waals surface area contributed by atoms with E-state index in [9.17, 15) is 0 Å². The van der Waals surface area contributed by atoms with E-state index < -0.39 is 0 Å². The predicted molar refractivity (Wildman–Crippen MR) is 83.3 cm³/mol. The minimum Gasteiger partial charge on any atom is -0.314 e. The Balaban J connectivity index is 1.71. The summed E-state index contributed by atoms with van der Waals surface area (Å²) >= 11 is 5.30. The Kier molecular flexibility index (Phi) is 5.42. The highest BCUT2D eigenvalue weighted by molar-refractivity contribution is 9.10. The third-order valence-electron chi connectivity index (χ3n) is 2.90. The van der Waals surface area contributed by atoms with Gasteiger partial charge in [0.05, 0.1) is 0 Å². The van der Waals surface area contributed by atoms with Crippen molar-refractivity contribution in [3.63, 3.8) is 0 Å². The Morgan fingerprint density at radius 1 is 1.22 bits per heavy atom. The maximum Gasteiger partial charge on any atom is 0.0175 e. The van der Waals surface area contributed by atoms with Gasteiger partial charge in [0.1, 0.15) is 0 Å². The number of hydrogen-bond donors (Lipinski definition) is 1. The molecule has 0 aliphatic carbocycles. The molecule has 1 aromatic carbocycles. The van der Waals surface area contributed by atoms with Crippen molar-refractivity contribution in [2.75, 3.05) is 6.54 Å². The van der Waals surface area contributed by atoms with E-state index in [0.717, 1.165) is 23.9 Å². The van der Waals surface area contributed by atoms with Crippen molar-refractivity contribution in [2.45, 2.75) is 25.8 Å². The molecule has 0 saturated heterocycles. The zero-order chi connectivity index (χ0) is 12.8. The summed E-state index contributed by atoms with van der Waals surface area (Å²) in [6.07, 6.45) is 2.21. The lowest BCUT2D eigenvalue weighted by atomic mass is 10.1. The summed E-state index contributed by atoms with van der Waals surface area (Å²) < 4.78 is 1.14. The number of benzene rings is 1. The van der Waals surface area contributed by atoms with Gasteiger partial charge in [-0.1, -0.05) is 34.1 Å². The van der Waals surface area contributed by atoms with E-state index in [1.807, 2.05) is 11.3 Å². The van der Waals surface area contributed by atoms with Crippen LogP contribution >= 0.6 is 27.3 Å². The molecule has 18 heavy (non-hydrogen) atoms. The molecule has 0 spiro atoms. The number of halogens is 1.